The number of nitrogens with one attached hydrogen (secondary N) is 1. The molecule has 1 aromatic carbocycles. The lowest BCUT2D eigenvalue weighted by Gasteiger charge is -2.23. The van der Waals surface area contributed by atoms with Gasteiger partial charge in [0.2, 0.25) is 0 Å². The maximum atomic E-state index is 12.8. The van der Waals surface area contributed by atoms with E-state index in [0.29, 0.717) is 35.4 Å². The highest BCUT2D eigenvalue weighted by atomic mass is 127. The summed E-state index contributed by atoms with van der Waals surface area (Å²) in [5.41, 5.74) is 0.379. The Kier molecular flexibility index (Phi) is 6.97. The molecule has 1 N–H and O–H groups in total. The van der Waals surface area contributed by atoms with Crippen LogP contribution in [0.15, 0.2) is 6.07 Å². The van der Waals surface area contributed by atoms with Crippen molar-refractivity contribution in [1.29, 1.82) is 0 Å². The SMILES string of the molecule is CCN1CCC[C@H]1CNC(=O)c1c(OC)c(I)cc(OC)c1OC. The molecule has 1 aliphatic rings. The van der Waals surface area contributed by atoms with Gasteiger partial charge in [-0.25, -0.2) is 0 Å². The number of methoxy groups -OCH3 is 3. The second-order valence-corrected chi connectivity index (χ2v) is 6.80. The van der Waals surface area contributed by atoms with Crippen LogP contribution in [0.3, 0.4) is 0 Å². The van der Waals surface area contributed by atoms with Crippen molar-refractivity contribution < 1.29 is 19.0 Å². The van der Waals surface area contributed by atoms with E-state index < -0.39 is 0 Å². The molecule has 0 saturated carbocycles. The second-order valence-electron chi connectivity index (χ2n) is 5.64. The van der Waals surface area contributed by atoms with E-state index in [1.165, 1.54) is 13.5 Å². The van der Waals surface area contributed by atoms with Gasteiger partial charge in [0.05, 0.1) is 24.9 Å². The molecule has 1 aliphatic heterocycles. The van der Waals surface area contributed by atoms with E-state index in [4.69, 9.17) is 14.2 Å². The van der Waals surface area contributed by atoms with Gasteiger partial charge in [-0.1, -0.05) is 6.92 Å². The summed E-state index contributed by atoms with van der Waals surface area (Å²) in [5.74, 6) is 1.21. The number of benzene rings is 1. The van der Waals surface area contributed by atoms with Gasteiger partial charge in [-0.2, -0.15) is 0 Å². The molecule has 134 valence electrons. The van der Waals surface area contributed by atoms with Crippen LogP contribution in [0, 0.1) is 3.57 Å². The summed E-state index contributed by atoms with van der Waals surface area (Å²) in [5, 5.41) is 3.03. The third kappa shape index (κ3) is 3.88. The number of likely N-dealkylation sites (tertiary alicyclic amines) is 1. The van der Waals surface area contributed by atoms with E-state index in [1.54, 1.807) is 20.3 Å². The first-order valence-corrected chi connectivity index (χ1v) is 9.15. The fourth-order valence-electron chi connectivity index (χ4n) is 3.19. The van der Waals surface area contributed by atoms with E-state index >= 15 is 0 Å². The highest BCUT2D eigenvalue weighted by Gasteiger charge is 2.27. The number of likely N-dealkylation sites (N-methyl/N-ethyl adjacent to an activating group) is 1. The molecular weight excluding hydrogens is 423 g/mol. The summed E-state index contributed by atoms with van der Waals surface area (Å²) in [6, 6.07) is 2.19. The monoisotopic (exact) mass is 448 g/mol. The Bertz CT molecular complexity index is 594. The van der Waals surface area contributed by atoms with Gasteiger partial charge in [-0.15, -0.1) is 0 Å². The van der Waals surface area contributed by atoms with Crippen molar-refractivity contribution in [2.24, 2.45) is 0 Å². The first-order chi connectivity index (χ1) is 11.6. The summed E-state index contributed by atoms with van der Waals surface area (Å²) < 4.78 is 17.0. The number of hydrogen-bond donors (Lipinski definition) is 1. The molecule has 0 radical (unpaired) electrons. The molecule has 1 atom stereocenters. The van der Waals surface area contributed by atoms with Crippen LogP contribution in [0.2, 0.25) is 0 Å². The fraction of sp³-hybridized carbons (Fsp3) is 0.588. The van der Waals surface area contributed by atoms with Crippen molar-refractivity contribution in [2.45, 2.75) is 25.8 Å². The number of hydrogen-bond acceptors (Lipinski definition) is 5. The molecule has 0 aliphatic carbocycles. The number of nitrogens with zero attached hydrogens (tertiary/aromatic N) is 1. The van der Waals surface area contributed by atoms with E-state index in [2.05, 4.69) is 39.7 Å². The summed E-state index contributed by atoms with van der Waals surface area (Å²) in [4.78, 5) is 15.2. The van der Waals surface area contributed by atoms with Crippen molar-refractivity contribution in [3.05, 3.63) is 15.2 Å². The van der Waals surface area contributed by atoms with Crippen LogP contribution in [0.4, 0.5) is 0 Å². The Labute approximate surface area is 157 Å². The van der Waals surface area contributed by atoms with Gasteiger partial charge in [0.15, 0.2) is 11.5 Å². The summed E-state index contributed by atoms with van der Waals surface area (Å²) in [6.07, 6.45) is 2.29. The van der Waals surface area contributed by atoms with Gasteiger partial charge < -0.3 is 19.5 Å². The number of amides is 1. The second kappa shape index (κ2) is 8.75. The molecule has 0 unspecified atom stereocenters. The van der Waals surface area contributed by atoms with Gasteiger partial charge in [0, 0.05) is 18.7 Å². The van der Waals surface area contributed by atoms with E-state index in [-0.39, 0.29) is 5.91 Å². The zero-order valence-electron chi connectivity index (χ0n) is 14.6. The van der Waals surface area contributed by atoms with Crippen LogP contribution < -0.4 is 19.5 Å². The quantitative estimate of drug-likeness (QED) is 0.650. The molecule has 1 aromatic rings. The minimum Gasteiger partial charge on any atom is -0.495 e. The first-order valence-electron chi connectivity index (χ1n) is 8.08. The lowest BCUT2D eigenvalue weighted by atomic mass is 10.1. The van der Waals surface area contributed by atoms with Crippen molar-refractivity contribution >= 4 is 28.5 Å². The standard InChI is InChI=1S/C17H25IN2O4/c1-5-20-8-6-7-11(20)10-19-17(21)14-15(23-3)12(18)9-13(22-2)16(14)24-4/h9,11H,5-8,10H2,1-4H3,(H,19,21)/t11-/m0/s1. The molecule has 1 saturated heterocycles. The number of rotatable bonds is 7. The normalized spacial score (nSPS) is 17.6. The molecule has 0 bridgehead atoms. The lowest BCUT2D eigenvalue weighted by Crippen LogP contribution is -2.40. The molecule has 0 spiro atoms. The Morgan fingerprint density at radius 3 is 2.58 bits per heavy atom. The van der Waals surface area contributed by atoms with E-state index in [0.717, 1.165) is 23.1 Å². The highest BCUT2D eigenvalue weighted by Crippen LogP contribution is 2.40. The van der Waals surface area contributed by atoms with E-state index in [9.17, 15) is 4.79 Å². The molecule has 24 heavy (non-hydrogen) atoms. The minimum atomic E-state index is -0.205. The predicted molar refractivity (Wildman–Crippen MR) is 101 cm³/mol. The molecule has 1 amide bonds. The zero-order valence-corrected chi connectivity index (χ0v) is 16.8. The molecule has 7 heteroatoms. The molecular formula is C17H25IN2O4. The fourth-order valence-corrected chi connectivity index (χ4v) is 3.97. The van der Waals surface area contributed by atoms with Crippen molar-refractivity contribution in [1.82, 2.24) is 10.2 Å². The van der Waals surface area contributed by atoms with Crippen LogP contribution in [0.5, 0.6) is 17.2 Å². The third-order valence-corrected chi connectivity index (χ3v) is 5.21. The van der Waals surface area contributed by atoms with Gasteiger partial charge in [-0.05, 0) is 48.5 Å². The molecule has 2 rings (SSSR count). The first kappa shape index (κ1) is 19.1. The molecule has 0 aromatic heterocycles. The van der Waals surface area contributed by atoms with Crippen LogP contribution in [-0.2, 0) is 0 Å². The van der Waals surface area contributed by atoms with Gasteiger partial charge >= 0.3 is 0 Å². The van der Waals surface area contributed by atoms with Crippen LogP contribution >= 0.6 is 22.6 Å². The lowest BCUT2D eigenvalue weighted by molar-refractivity contribution is 0.0934. The largest absolute Gasteiger partial charge is 0.495 e. The zero-order chi connectivity index (χ0) is 17.7. The van der Waals surface area contributed by atoms with Crippen LogP contribution in [0.1, 0.15) is 30.1 Å². The molecule has 1 heterocycles. The molecule has 6 nitrogen and oxygen atoms in total. The Balaban J connectivity index is 2.25. The van der Waals surface area contributed by atoms with Gasteiger partial charge in [0.1, 0.15) is 11.3 Å². The summed E-state index contributed by atoms with van der Waals surface area (Å²) in [6.45, 7) is 4.87. The maximum absolute atomic E-state index is 12.8. The number of carbonyl (C=O) groups excluding carboxylic acids is 1. The number of carbonyl (C=O) groups is 1. The van der Waals surface area contributed by atoms with Crippen LogP contribution in [0.25, 0.3) is 0 Å². The van der Waals surface area contributed by atoms with Gasteiger partial charge in [-0.3, -0.25) is 9.69 Å². The Morgan fingerprint density at radius 1 is 1.29 bits per heavy atom. The van der Waals surface area contributed by atoms with Crippen molar-refractivity contribution in [3.8, 4) is 17.2 Å². The topological polar surface area (TPSA) is 60.0 Å². The minimum absolute atomic E-state index is 0.205. The summed E-state index contributed by atoms with van der Waals surface area (Å²) in [7, 11) is 4.63. The number of halogens is 1. The van der Waals surface area contributed by atoms with Gasteiger partial charge in [0.25, 0.3) is 5.91 Å². The Morgan fingerprint density at radius 2 is 2.00 bits per heavy atom. The van der Waals surface area contributed by atoms with E-state index in [1.807, 2.05) is 0 Å². The average Bonchev–Trinajstić information content (AvgIpc) is 3.05. The number of ether oxygens (including phenoxy) is 3. The Hall–Kier alpha value is -1.22. The predicted octanol–water partition coefficient (Wildman–Crippen LogP) is 2.53. The van der Waals surface area contributed by atoms with Crippen molar-refractivity contribution in [2.75, 3.05) is 41.0 Å². The van der Waals surface area contributed by atoms with Crippen LogP contribution in [-0.4, -0.2) is 57.8 Å². The average molecular weight is 448 g/mol. The smallest absolute Gasteiger partial charge is 0.259 e. The third-order valence-electron chi connectivity index (χ3n) is 4.41. The maximum Gasteiger partial charge on any atom is 0.259 e. The summed E-state index contributed by atoms with van der Waals surface area (Å²) >= 11 is 2.13. The van der Waals surface area contributed by atoms with Crippen molar-refractivity contribution in [3.63, 3.8) is 0 Å². The highest BCUT2D eigenvalue weighted by molar-refractivity contribution is 14.1. The molecule has 1 fully saturated rings.